The Bertz CT molecular complexity index is 925. The molecule has 2 aromatic heterocycles. The number of hydrogen-bond acceptors (Lipinski definition) is 5. The molecular weight excluding hydrogens is 332 g/mol. The molecule has 3 rings (SSSR count). The summed E-state index contributed by atoms with van der Waals surface area (Å²) < 4.78 is 38.0. The van der Waals surface area contributed by atoms with Crippen molar-refractivity contribution in [2.75, 3.05) is 13.7 Å². The fraction of sp³-hybridized carbons (Fsp3) is 0.235. The molecule has 0 bridgehead atoms. The van der Waals surface area contributed by atoms with Gasteiger partial charge in [-0.1, -0.05) is 12.1 Å². The normalized spacial score (nSPS) is 11.1. The summed E-state index contributed by atoms with van der Waals surface area (Å²) in [6, 6.07) is 8.10. The first kappa shape index (κ1) is 16.8. The fourth-order valence-corrected chi connectivity index (χ4v) is 2.42. The van der Waals surface area contributed by atoms with E-state index < -0.39 is 12.4 Å². The zero-order valence-electron chi connectivity index (χ0n) is 13.6. The quantitative estimate of drug-likeness (QED) is 0.661. The van der Waals surface area contributed by atoms with Gasteiger partial charge < -0.3 is 9.47 Å². The molecule has 0 N–H and O–H groups in total. The zero-order valence-corrected chi connectivity index (χ0v) is 13.6. The molecule has 0 saturated carbocycles. The fourth-order valence-electron chi connectivity index (χ4n) is 2.42. The number of alkyl halides is 2. The van der Waals surface area contributed by atoms with E-state index in [1.807, 2.05) is 0 Å². The third kappa shape index (κ3) is 3.15. The van der Waals surface area contributed by atoms with Gasteiger partial charge in [0.05, 0.1) is 25.6 Å². The van der Waals surface area contributed by atoms with Crippen molar-refractivity contribution in [2.45, 2.75) is 13.3 Å². The third-order valence-electron chi connectivity index (χ3n) is 3.58. The summed E-state index contributed by atoms with van der Waals surface area (Å²) in [5.74, 6) is -0.0927. The molecule has 2 heterocycles. The summed E-state index contributed by atoms with van der Waals surface area (Å²) in [6.07, 6.45) is -1.61. The largest absolute Gasteiger partial charge is 0.497 e. The molecule has 0 spiro atoms. The first-order valence-electron chi connectivity index (χ1n) is 7.53. The number of fused-ring (bicyclic) bond motifs is 1. The maximum Gasteiger partial charge on any atom is 0.343 e. The number of aromatic nitrogens is 3. The summed E-state index contributed by atoms with van der Waals surface area (Å²) in [5.41, 5.74) is 0.563. The van der Waals surface area contributed by atoms with E-state index in [0.717, 1.165) is 4.52 Å². The number of ether oxygens (including phenoxy) is 2. The Balaban J connectivity index is 2.22. The van der Waals surface area contributed by atoms with Gasteiger partial charge >= 0.3 is 5.97 Å². The summed E-state index contributed by atoms with van der Waals surface area (Å²) >= 11 is 0. The Morgan fingerprint density at radius 2 is 2.12 bits per heavy atom. The zero-order chi connectivity index (χ0) is 18.0. The molecule has 0 aliphatic heterocycles. The first-order valence-corrected chi connectivity index (χ1v) is 7.53. The lowest BCUT2D eigenvalue weighted by Crippen LogP contribution is -2.07. The lowest BCUT2D eigenvalue weighted by molar-refractivity contribution is 0.0528. The summed E-state index contributed by atoms with van der Waals surface area (Å²) in [6.45, 7) is 1.82. The second-order valence-electron chi connectivity index (χ2n) is 5.11. The Morgan fingerprint density at radius 1 is 1.32 bits per heavy atom. The predicted octanol–water partition coefficient (Wildman–Crippen LogP) is 3.52. The van der Waals surface area contributed by atoms with Gasteiger partial charge in [0, 0.05) is 5.56 Å². The van der Waals surface area contributed by atoms with Gasteiger partial charge in [-0.3, -0.25) is 0 Å². The Hall–Kier alpha value is -3.03. The Kier molecular flexibility index (Phi) is 4.60. The highest BCUT2D eigenvalue weighted by molar-refractivity contribution is 5.96. The summed E-state index contributed by atoms with van der Waals surface area (Å²) in [7, 11) is 1.51. The molecule has 0 unspecified atom stereocenters. The Labute approximate surface area is 142 Å². The van der Waals surface area contributed by atoms with E-state index in [1.54, 1.807) is 31.2 Å². The highest BCUT2D eigenvalue weighted by Crippen LogP contribution is 2.28. The lowest BCUT2D eigenvalue weighted by Gasteiger charge is -2.09. The van der Waals surface area contributed by atoms with Crippen LogP contribution in [0.5, 0.6) is 5.75 Å². The van der Waals surface area contributed by atoms with E-state index in [0.29, 0.717) is 11.3 Å². The first-order chi connectivity index (χ1) is 12.0. The average molecular weight is 347 g/mol. The number of esters is 1. The molecule has 3 aromatic rings. The molecule has 0 fully saturated rings. The number of nitrogens with zero attached hydrogens (tertiary/aromatic N) is 3. The van der Waals surface area contributed by atoms with Crippen LogP contribution in [0.15, 0.2) is 36.5 Å². The molecule has 1 aromatic carbocycles. The second kappa shape index (κ2) is 6.84. The number of methoxy groups -OCH3 is 1. The van der Waals surface area contributed by atoms with Crippen LogP contribution in [0.1, 0.15) is 29.4 Å². The van der Waals surface area contributed by atoms with Crippen LogP contribution in [0.4, 0.5) is 8.78 Å². The number of benzene rings is 1. The molecule has 25 heavy (non-hydrogen) atoms. The predicted molar refractivity (Wildman–Crippen MR) is 85.9 cm³/mol. The van der Waals surface area contributed by atoms with Crippen molar-refractivity contribution in [3.63, 3.8) is 0 Å². The van der Waals surface area contributed by atoms with E-state index in [1.165, 1.54) is 19.4 Å². The van der Waals surface area contributed by atoms with Crippen molar-refractivity contribution in [3.8, 4) is 17.0 Å². The van der Waals surface area contributed by atoms with Crippen molar-refractivity contribution in [1.82, 2.24) is 14.6 Å². The molecule has 0 radical (unpaired) electrons. The molecule has 0 amide bonds. The van der Waals surface area contributed by atoms with Gasteiger partial charge in [0.2, 0.25) is 0 Å². The SMILES string of the molecule is CCOC(=O)c1cnn2c(C(F)F)cc(-c3cccc(OC)c3)nc12. The van der Waals surface area contributed by atoms with E-state index in [-0.39, 0.29) is 29.2 Å². The highest BCUT2D eigenvalue weighted by Gasteiger charge is 2.22. The molecule has 0 aliphatic rings. The second-order valence-corrected chi connectivity index (χ2v) is 5.11. The van der Waals surface area contributed by atoms with E-state index in [4.69, 9.17) is 9.47 Å². The van der Waals surface area contributed by atoms with Gasteiger partial charge in [-0.25, -0.2) is 23.1 Å². The molecular formula is C17H15F2N3O3. The minimum absolute atomic E-state index is 0.0223. The van der Waals surface area contributed by atoms with Gasteiger partial charge in [0.1, 0.15) is 17.0 Å². The number of halogens is 2. The van der Waals surface area contributed by atoms with Crippen LogP contribution in [-0.2, 0) is 4.74 Å². The van der Waals surface area contributed by atoms with Crippen LogP contribution >= 0.6 is 0 Å². The minimum atomic E-state index is -2.79. The van der Waals surface area contributed by atoms with Crippen LogP contribution < -0.4 is 4.74 Å². The van der Waals surface area contributed by atoms with Gasteiger partial charge in [0.15, 0.2) is 5.65 Å². The van der Waals surface area contributed by atoms with Crippen LogP contribution in [-0.4, -0.2) is 34.3 Å². The van der Waals surface area contributed by atoms with Crippen LogP contribution in [0.2, 0.25) is 0 Å². The van der Waals surface area contributed by atoms with Crippen molar-refractivity contribution >= 4 is 11.6 Å². The van der Waals surface area contributed by atoms with Gasteiger partial charge in [-0.05, 0) is 25.1 Å². The molecule has 8 heteroatoms. The average Bonchev–Trinajstić information content (AvgIpc) is 3.05. The van der Waals surface area contributed by atoms with E-state index >= 15 is 0 Å². The highest BCUT2D eigenvalue weighted by atomic mass is 19.3. The maximum atomic E-state index is 13.5. The maximum absolute atomic E-state index is 13.5. The lowest BCUT2D eigenvalue weighted by atomic mass is 10.1. The van der Waals surface area contributed by atoms with Crippen LogP contribution in [0.25, 0.3) is 16.9 Å². The number of carbonyl (C=O) groups is 1. The molecule has 0 saturated heterocycles. The van der Waals surface area contributed by atoms with Crippen molar-refractivity contribution in [2.24, 2.45) is 0 Å². The number of rotatable bonds is 5. The molecule has 130 valence electrons. The molecule has 6 nitrogen and oxygen atoms in total. The van der Waals surface area contributed by atoms with Crippen LogP contribution in [0.3, 0.4) is 0 Å². The molecule has 0 aliphatic carbocycles. The van der Waals surface area contributed by atoms with Crippen molar-refractivity contribution < 1.29 is 23.0 Å². The standard InChI is InChI=1S/C17H15F2N3O3/c1-3-25-17(23)12-9-20-22-14(15(18)19)8-13(21-16(12)22)10-5-4-6-11(7-10)24-2/h4-9,15H,3H2,1-2H3. The summed E-state index contributed by atoms with van der Waals surface area (Å²) in [4.78, 5) is 16.4. The van der Waals surface area contributed by atoms with Gasteiger partial charge in [0.25, 0.3) is 6.43 Å². The van der Waals surface area contributed by atoms with Crippen molar-refractivity contribution in [1.29, 1.82) is 0 Å². The third-order valence-corrected chi connectivity index (χ3v) is 3.58. The Morgan fingerprint density at radius 3 is 2.80 bits per heavy atom. The minimum Gasteiger partial charge on any atom is -0.497 e. The van der Waals surface area contributed by atoms with Crippen LogP contribution in [0, 0.1) is 0 Å². The van der Waals surface area contributed by atoms with Gasteiger partial charge in [-0.15, -0.1) is 0 Å². The van der Waals surface area contributed by atoms with Gasteiger partial charge in [-0.2, -0.15) is 5.10 Å². The summed E-state index contributed by atoms with van der Waals surface area (Å²) in [5, 5.41) is 3.86. The number of hydrogen-bond donors (Lipinski definition) is 0. The van der Waals surface area contributed by atoms with E-state index in [9.17, 15) is 13.6 Å². The van der Waals surface area contributed by atoms with Crippen molar-refractivity contribution in [3.05, 3.63) is 47.8 Å². The monoisotopic (exact) mass is 347 g/mol. The molecule has 0 atom stereocenters. The smallest absolute Gasteiger partial charge is 0.343 e. The van der Waals surface area contributed by atoms with E-state index in [2.05, 4.69) is 10.1 Å². The number of carbonyl (C=O) groups excluding carboxylic acids is 1. The topological polar surface area (TPSA) is 65.7 Å².